The zero-order chi connectivity index (χ0) is 30.7. The van der Waals surface area contributed by atoms with Crippen molar-refractivity contribution in [3.8, 4) is 17.3 Å². The maximum atomic E-state index is 17.0. The molecular formula is C33H37F2N7O3. The van der Waals surface area contributed by atoms with Crippen molar-refractivity contribution in [1.29, 1.82) is 0 Å². The number of nitrogens with one attached hydrogen (secondary N) is 1. The molecule has 9 rings (SSSR count). The summed E-state index contributed by atoms with van der Waals surface area (Å²) in [4.78, 5) is 31.3. The number of halogens is 2. The van der Waals surface area contributed by atoms with Crippen LogP contribution in [0.25, 0.3) is 33.1 Å². The molecule has 236 valence electrons. The van der Waals surface area contributed by atoms with Crippen LogP contribution in [0.3, 0.4) is 0 Å². The van der Waals surface area contributed by atoms with E-state index in [1.54, 1.807) is 12.4 Å². The van der Waals surface area contributed by atoms with Gasteiger partial charge in [0.15, 0.2) is 5.82 Å². The summed E-state index contributed by atoms with van der Waals surface area (Å²) in [5, 5.41) is 8.50. The van der Waals surface area contributed by atoms with Crippen LogP contribution in [-0.4, -0.2) is 87.1 Å². The third kappa shape index (κ3) is 4.97. The van der Waals surface area contributed by atoms with Crippen LogP contribution in [0.15, 0.2) is 18.5 Å². The van der Waals surface area contributed by atoms with Crippen molar-refractivity contribution in [3.63, 3.8) is 0 Å². The Morgan fingerprint density at radius 3 is 2.98 bits per heavy atom. The van der Waals surface area contributed by atoms with Crippen LogP contribution in [0.4, 0.5) is 14.6 Å². The Labute approximate surface area is 259 Å². The fourth-order valence-electron chi connectivity index (χ4n) is 8.16. The first-order valence-corrected chi connectivity index (χ1v) is 16.1. The fraction of sp³-hybridized carbons (Fsp3) is 0.545. The standard InChI is InChI=1S/C33H37F2N7O3/c1-19-11-25-23(15-37-40-25)27-22(19)6-3-10-44-26(43)12-20-5-2-8-41(16-20)31-24-14-36-30(27)28(35)29(24)38-32(39-31)45-18-33-7-4-9-42(33)17-21(34)13-33/h11,14-15,20-21H,2-10,12-13,16-18H2,1H3,(H,37,40)/t20-,21-,33+/m1/s1. The van der Waals surface area contributed by atoms with Crippen molar-refractivity contribution < 1.29 is 23.0 Å². The van der Waals surface area contributed by atoms with Gasteiger partial charge in [-0.15, -0.1) is 0 Å². The number of ether oxygens (including phenoxy) is 2. The van der Waals surface area contributed by atoms with Gasteiger partial charge < -0.3 is 14.4 Å². The van der Waals surface area contributed by atoms with E-state index in [4.69, 9.17) is 19.4 Å². The number of aromatic nitrogens is 5. The number of aryl methyl sites for hydroxylation is 1. The molecule has 4 aromatic rings. The maximum absolute atomic E-state index is 17.0. The van der Waals surface area contributed by atoms with Crippen molar-refractivity contribution in [2.45, 2.75) is 70.0 Å². The summed E-state index contributed by atoms with van der Waals surface area (Å²) in [6.45, 7) is 5.04. The molecule has 5 aliphatic rings. The minimum absolute atomic E-state index is 0.0673. The Balaban J connectivity index is 1.29. The van der Waals surface area contributed by atoms with Crippen LogP contribution >= 0.6 is 0 Å². The number of rotatable bonds is 3. The SMILES string of the molecule is Cc1cc2[nH]ncc2c2c1CCCOC(=O)C[C@H]1CCCN(C1)c1nc(OC[C@@]34CCCN3C[C@H](F)C4)nc3c(F)c-2ncc13. The number of aromatic amines is 1. The zero-order valence-corrected chi connectivity index (χ0v) is 25.5. The van der Waals surface area contributed by atoms with Gasteiger partial charge in [-0.2, -0.15) is 15.1 Å². The van der Waals surface area contributed by atoms with Gasteiger partial charge in [0, 0.05) is 43.2 Å². The number of alkyl halides is 1. The third-order valence-electron chi connectivity index (χ3n) is 10.3. The van der Waals surface area contributed by atoms with Crippen molar-refractivity contribution in [2.75, 3.05) is 44.3 Å². The van der Waals surface area contributed by atoms with E-state index in [9.17, 15) is 9.18 Å². The molecule has 3 atom stereocenters. The molecule has 0 spiro atoms. The molecule has 0 radical (unpaired) electrons. The highest BCUT2D eigenvalue weighted by Gasteiger charge is 2.49. The number of piperidine rings is 1. The molecule has 5 aliphatic heterocycles. The van der Waals surface area contributed by atoms with E-state index in [-0.39, 0.29) is 42.3 Å². The maximum Gasteiger partial charge on any atom is 0.319 e. The van der Waals surface area contributed by atoms with Gasteiger partial charge in [0.25, 0.3) is 0 Å². The minimum Gasteiger partial charge on any atom is -0.466 e. The number of hydrogen-bond donors (Lipinski definition) is 1. The number of pyridine rings is 1. The van der Waals surface area contributed by atoms with E-state index in [2.05, 4.69) is 25.0 Å². The summed E-state index contributed by atoms with van der Waals surface area (Å²) in [5.74, 6) is -0.138. The second-order valence-corrected chi connectivity index (χ2v) is 13.2. The molecule has 1 N–H and O–H groups in total. The number of nitrogens with zero attached hydrogens (tertiary/aromatic N) is 6. The number of carbonyl (C=O) groups is 1. The van der Waals surface area contributed by atoms with Crippen molar-refractivity contribution >= 4 is 33.6 Å². The van der Waals surface area contributed by atoms with Crippen molar-refractivity contribution in [1.82, 2.24) is 30.0 Å². The Kier molecular flexibility index (Phi) is 7.07. The first-order chi connectivity index (χ1) is 21.9. The lowest BCUT2D eigenvalue weighted by Gasteiger charge is -2.34. The Hall–Kier alpha value is -3.93. The fourth-order valence-corrected chi connectivity index (χ4v) is 8.16. The lowest BCUT2D eigenvalue weighted by molar-refractivity contribution is -0.144. The Morgan fingerprint density at radius 1 is 1.16 bits per heavy atom. The molecule has 3 saturated heterocycles. The van der Waals surface area contributed by atoms with E-state index < -0.39 is 17.5 Å². The molecule has 3 aromatic heterocycles. The molecule has 0 amide bonds. The number of benzene rings is 1. The van der Waals surface area contributed by atoms with Crippen LogP contribution in [0.1, 0.15) is 56.1 Å². The van der Waals surface area contributed by atoms with E-state index in [1.807, 2.05) is 13.0 Å². The first-order valence-electron chi connectivity index (χ1n) is 16.1. The van der Waals surface area contributed by atoms with E-state index >= 15 is 4.39 Å². The summed E-state index contributed by atoms with van der Waals surface area (Å²) in [6, 6.07) is 2.07. The second-order valence-electron chi connectivity index (χ2n) is 13.2. The Morgan fingerprint density at radius 2 is 2.07 bits per heavy atom. The molecule has 0 saturated carbocycles. The molecule has 6 bridgehead atoms. The molecule has 45 heavy (non-hydrogen) atoms. The molecule has 1 aromatic carbocycles. The van der Waals surface area contributed by atoms with Crippen molar-refractivity contribution in [2.24, 2.45) is 5.92 Å². The van der Waals surface area contributed by atoms with E-state index in [1.165, 1.54) is 0 Å². The predicted molar refractivity (Wildman–Crippen MR) is 164 cm³/mol. The smallest absolute Gasteiger partial charge is 0.319 e. The summed E-state index contributed by atoms with van der Waals surface area (Å²) < 4.78 is 43.4. The largest absolute Gasteiger partial charge is 0.466 e. The molecule has 0 aliphatic carbocycles. The molecule has 12 heteroatoms. The van der Waals surface area contributed by atoms with Gasteiger partial charge in [-0.05, 0) is 75.1 Å². The molecular weight excluding hydrogens is 580 g/mol. The molecule has 10 nitrogen and oxygen atoms in total. The highest BCUT2D eigenvalue weighted by atomic mass is 19.1. The molecule has 8 heterocycles. The van der Waals surface area contributed by atoms with Crippen LogP contribution < -0.4 is 9.64 Å². The van der Waals surface area contributed by atoms with Crippen LogP contribution in [0.5, 0.6) is 6.01 Å². The van der Waals surface area contributed by atoms with Gasteiger partial charge in [0.1, 0.15) is 29.8 Å². The van der Waals surface area contributed by atoms with Gasteiger partial charge in [0.05, 0.1) is 35.7 Å². The van der Waals surface area contributed by atoms with Gasteiger partial charge in [-0.3, -0.25) is 19.8 Å². The average molecular weight is 618 g/mol. The molecule has 0 unspecified atom stereocenters. The van der Waals surface area contributed by atoms with Gasteiger partial charge in [-0.1, -0.05) is 0 Å². The minimum atomic E-state index is -0.889. The highest BCUT2D eigenvalue weighted by molar-refractivity contribution is 5.99. The number of carbonyl (C=O) groups excluding carboxylic acids is 1. The third-order valence-corrected chi connectivity index (χ3v) is 10.3. The normalized spacial score (nSPS) is 25.7. The lowest BCUT2D eigenvalue weighted by Crippen LogP contribution is -2.43. The summed E-state index contributed by atoms with van der Waals surface area (Å²) in [7, 11) is 0. The monoisotopic (exact) mass is 617 g/mol. The highest BCUT2D eigenvalue weighted by Crippen LogP contribution is 2.42. The van der Waals surface area contributed by atoms with Crippen LogP contribution in [-0.2, 0) is 16.0 Å². The quantitative estimate of drug-likeness (QED) is 0.315. The topological polar surface area (TPSA) is 109 Å². The number of H-pyrrole nitrogens is 1. The van der Waals surface area contributed by atoms with E-state index in [0.29, 0.717) is 62.1 Å². The number of esters is 1. The average Bonchev–Trinajstić information content (AvgIpc) is 3.72. The van der Waals surface area contributed by atoms with Crippen LogP contribution in [0, 0.1) is 18.7 Å². The zero-order valence-electron chi connectivity index (χ0n) is 25.5. The van der Waals surface area contributed by atoms with Gasteiger partial charge >= 0.3 is 12.0 Å². The predicted octanol–water partition coefficient (Wildman–Crippen LogP) is 5.07. The van der Waals surface area contributed by atoms with Crippen LogP contribution in [0.2, 0.25) is 0 Å². The summed E-state index contributed by atoms with van der Waals surface area (Å²) >= 11 is 0. The number of hydrogen-bond acceptors (Lipinski definition) is 9. The number of fused-ring (bicyclic) bond motifs is 8. The first kappa shape index (κ1) is 28.5. The number of anilines is 1. The lowest BCUT2D eigenvalue weighted by atomic mass is 9.91. The second kappa shape index (κ2) is 11.1. The van der Waals surface area contributed by atoms with Crippen molar-refractivity contribution in [3.05, 3.63) is 35.4 Å². The summed E-state index contributed by atoms with van der Waals surface area (Å²) in [6.07, 6.45) is 7.94. The molecule has 3 fully saturated rings. The summed E-state index contributed by atoms with van der Waals surface area (Å²) in [5.41, 5.74) is 3.24. The van der Waals surface area contributed by atoms with E-state index in [0.717, 1.165) is 54.3 Å². The Bertz CT molecular complexity index is 1800. The van der Waals surface area contributed by atoms with Gasteiger partial charge in [-0.25, -0.2) is 8.78 Å². The van der Waals surface area contributed by atoms with Gasteiger partial charge in [0.2, 0.25) is 0 Å².